The minimum atomic E-state index is -0.984. The standard InChI is InChI=1S/C13H15NO4S2/c1-13(2)9(12(17)18)14-10(16)7(11(14)20-13)8(15)6-4-3-5-19-6/h3-5,7-9,11,15H,1-2H3,(H,17,18)/t7-,8?,9-,11+/m0/s1. The largest absolute Gasteiger partial charge is 0.480 e. The number of aliphatic hydroxyl groups excluding tert-OH is 1. The number of hydrogen-bond acceptors (Lipinski definition) is 5. The number of thiophene rings is 1. The summed E-state index contributed by atoms with van der Waals surface area (Å²) >= 11 is 2.87. The lowest BCUT2D eigenvalue weighted by Crippen LogP contribution is -2.63. The zero-order valence-corrected chi connectivity index (χ0v) is 12.6. The van der Waals surface area contributed by atoms with Gasteiger partial charge in [-0.1, -0.05) is 6.07 Å². The first-order chi connectivity index (χ1) is 9.34. The van der Waals surface area contributed by atoms with Crippen molar-refractivity contribution in [3.05, 3.63) is 22.4 Å². The normalized spacial score (nSPS) is 32.6. The minimum absolute atomic E-state index is 0.254. The number of nitrogens with zero attached hydrogens (tertiary/aromatic N) is 1. The van der Waals surface area contributed by atoms with Crippen LogP contribution in [0.1, 0.15) is 24.8 Å². The third-order valence-electron chi connectivity index (χ3n) is 3.89. The van der Waals surface area contributed by atoms with Crippen LogP contribution in [0.15, 0.2) is 17.5 Å². The summed E-state index contributed by atoms with van der Waals surface area (Å²) in [5, 5.41) is 21.3. The molecule has 0 spiro atoms. The number of thioether (sulfide) groups is 1. The number of aliphatic carboxylic acids is 1. The molecular formula is C13H15NO4S2. The maximum atomic E-state index is 12.3. The van der Waals surface area contributed by atoms with E-state index in [2.05, 4.69) is 0 Å². The first-order valence-electron chi connectivity index (χ1n) is 6.29. The molecule has 0 bridgehead atoms. The van der Waals surface area contributed by atoms with Crippen LogP contribution in [0.25, 0.3) is 0 Å². The molecule has 5 nitrogen and oxygen atoms in total. The highest BCUT2D eigenvalue weighted by atomic mass is 32.2. The van der Waals surface area contributed by atoms with Crippen molar-refractivity contribution in [1.29, 1.82) is 0 Å². The van der Waals surface area contributed by atoms with Crippen molar-refractivity contribution in [3.8, 4) is 0 Å². The highest BCUT2D eigenvalue weighted by Gasteiger charge is 2.65. The number of hydrogen-bond donors (Lipinski definition) is 2. The Morgan fingerprint density at radius 2 is 2.20 bits per heavy atom. The molecule has 1 aromatic heterocycles. The molecule has 0 aromatic carbocycles. The van der Waals surface area contributed by atoms with Crippen molar-refractivity contribution < 1.29 is 19.8 Å². The van der Waals surface area contributed by atoms with E-state index in [0.29, 0.717) is 0 Å². The lowest BCUT2D eigenvalue weighted by molar-refractivity contribution is -0.169. The van der Waals surface area contributed by atoms with Gasteiger partial charge in [-0.15, -0.1) is 23.1 Å². The molecule has 1 aromatic rings. The molecule has 3 rings (SSSR count). The minimum Gasteiger partial charge on any atom is -0.480 e. The Morgan fingerprint density at radius 3 is 2.75 bits per heavy atom. The Kier molecular flexibility index (Phi) is 3.11. The van der Waals surface area contributed by atoms with Gasteiger partial charge in [0.1, 0.15) is 12.1 Å². The van der Waals surface area contributed by atoms with Gasteiger partial charge in [0.25, 0.3) is 0 Å². The van der Waals surface area contributed by atoms with Crippen LogP contribution < -0.4 is 0 Å². The molecule has 2 aliphatic rings. The number of carbonyl (C=O) groups excluding carboxylic acids is 1. The number of rotatable bonds is 3. The van der Waals surface area contributed by atoms with Crippen molar-refractivity contribution in [2.24, 2.45) is 5.92 Å². The van der Waals surface area contributed by atoms with Crippen LogP contribution in [0.5, 0.6) is 0 Å². The molecule has 2 N–H and O–H groups in total. The lowest BCUT2D eigenvalue weighted by atomic mass is 9.87. The molecule has 0 aliphatic carbocycles. The fraction of sp³-hybridized carbons (Fsp3) is 0.538. The Labute approximate surface area is 124 Å². The predicted molar refractivity (Wildman–Crippen MR) is 76.5 cm³/mol. The van der Waals surface area contributed by atoms with E-state index in [9.17, 15) is 19.8 Å². The van der Waals surface area contributed by atoms with Gasteiger partial charge in [-0.2, -0.15) is 0 Å². The van der Waals surface area contributed by atoms with Crippen LogP contribution in [-0.2, 0) is 9.59 Å². The average molecular weight is 313 g/mol. The average Bonchev–Trinajstić information content (AvgIpc) is 2.94. The van der Waals surface area contributed by atoms with E-state index < -0.39 is 28.8 Å². The number of carboxylic acid groups (broad SMARTS) is 1. The van der Waals surface area contributed by atoms with Crippen molar-refractivity contribution in [3.63, 3.8) is 0 Å². The number of carboxylic acids is 1. The monoisotopic (exact) mass is 313 g/mol. The van der Waals surface area contributed by atoms with Crippen LogP contribution in [0, 0.1) is 5.92 Å². The van der Waals surface area contributed by atoms with Gasteiger partial charge in [0.2, 0.25) is 5.91 Å². The van der Waals surface area contributed by atoms with Crippen LogP contribution in [0.3, 0.4) is 0 Å². The molecule has 0 saturated carbocycles. The zero-order valence-electron chi connectivity index (χ0n) is 11.0. The van der Waals surface area contributed by atoms with Gasteiger partial charge in [0.05, 0.1) is 11.3 Å². The summed E-state index contributed by atoms with van der Waals surface area (Å²) < 4.78 is -0.546. The highest BCUT2D eigenvalue weighted by molar-refractivity contribution is 8.01. The summed E-state index contributed by atoms with van der Waals surface area (Å²) in [6.07, 6.45) is -0.848. The van der Waals surface area contributed by atoms with Gasteiger partial charge in [0, 0.05) is 9.62 Å². The molecule has 0 radical (unpaired) electrons. The van der Waals surface area contributed by atoms with Crippen LogP contribution in [0.4, 0.5) is 0 Å². The van der Waals surface area contributed by atoms with Gasteiger partial charge >= 0.3 is 5.97 Å². The molecule has 2 saturated heterocycles. The molecule has 4 atom stereocenters. The number of amides is 1. The fourth-order valence-electron chi connectivity index (χ4n) is 2.97. The molecule has 7 heteroatoms. The molecule has 3 heterocycles. The number of carbonyl (C=O) groups is 2. The van der Waals surface area contributed by atoms with Crippen LogP contribution in [0.2, 0.25) is 0 Å². The second-order valence-corrected chi connectivity index (χ2v) is 8.33. The summed E-state index contributed by atoms with van der Waals surface area (Å²) in [6.45, 7) is 3.66. The molecule has 2 fully saturated rings. The highest BCUT2D eigenvalue weighted by Crippen LogP contribution is 2.56. The van der Waals surface area contributed by atoms with E-state index >= 15 is 0 Å². The second kappa shape index (κ2) is 4.47. The molecule has 20 heavy (non-hydrogen) atoms. The fourth-order valence-corrected chi connectivity index (χ4v) is 5.44. The molecule has 1 amide bonds. The summed E-state index contributed by atoms with van der Waals surface area (Å²) in [4.78, 5) is 25.8. The van der Waals surface area contributed by atoms with Crippen molar-refractivity contribution in [2.75, 3.05) is 0 Å². The van der Waals surface area contributed by atoms with E-state index in [4.69, 9.17) is 0 Å². The van der Waals surface area contributed by atoms with Gasteiger partial charge in [-0.3, -0.25) is 4.79 Å². The lowest BCUT2D eigenvalue weighted by Gasteiger charge is -2.45. The van der Waals surface area contributed by atoms with E-state index in [1.165, 1.54) is 28.0 Å². The third-order valence-corrected chi connectivity index (χ3v) is 6.43. The predicted octanol–water partition coefficient (Wildman–Crippen LogP) is 1.54. The number of β-lactam (4-membered cyclic amide) rings is 1. The first kappa shape index (κ1) is 13.9. The summed E-state index contributed by atoms with van der Waals surface area (Å²) in [5.74, 6) is -1.79. The summed E-state index contributed by atoms with van der Waals surface area (Å²) in [7, 11) is 0. The molecule has 108 valence electrons. The Morgan fingerprint density at radius 1 is 1.50 bits per heavy atom. The SMILES string of the molecule is CC1(C)S[C@@H]2[C@@H](C(O)c3cccs3)C(=O)N2[C@H]1C(=O)O. The summed E-state index contributed by atoms with van der Waals surface area (Å²) in [5.41, 5.74) is 0. The maximum absolute atomic E-state index is 12.3. The molecular weight excluding hydrogens is 298 g/mol. The summed E-state index contributed by atoms with van der Waals surface area (Å²) in [6, 6.07) is 2.80. The Bertz CT molecular complexity index is 557. The molecule has 2 aliphatic heterocycles. The third kappa shape index (κ3) is 1.80. The Hall–Kier alpha value is -1.05. The van der Waals surface area contributed by atoms with Crippen LogP contribution in [-0.4, -0.2) is 43.2 Å². The van der Waals surface area contributed by atoms with Gasteiger partial charge in [-0.25, -0.2) is 4.79 Å². The van der Waals surface area contributed by atoms with Crippen molar-refractivity contribution in [2.45, 2.75) is 36.1 Å². The smallest absolute Gasteiger partial charge is 0.327 e. The number of fused-ring (bicyclic) bond motifs is 1. The maximum Gasteiger partial charge on any atom is 0.327 e. The van der Waals surface area contributed by atoms with Gasteiger partial charge in [0.15, 0.2) is 0 Å². The van der Waals surface area contributed by atoms with Crippen molar-refractivity contribution >= 4 is 35.0 Å². The molecule has 1 unspecified atom stereocenters. The van der Waals surface area contributed by atoms with E-state index in [1.54, 1.807) is 6.07 Å². The van der Waals surface area contributed by atoms with E-state index in [1.807, 2.05) is 25.3 Å². The van der Waals surface area contributed by atoms with E-state index in [-0.39, 0.29) is 11.3 Å². The van der Waals surface area contributed by atoms with Gasteiger partial charge in [-0.05, 0) is 25.3 Å². The van der Waals surface area contributed by atoms with Crippen LogP contribution >= 0.6 is 23.1 Å². The number of aliphatic hydroxyl groups is 1. The Balaban J connectivity index is 1.87. The quantitative estimate of drug-likeness (QED) is 0.828. The second-order valence-electron chi connectivity index (χ2n) is 5.58. The topological polar surface area (TPSA) is 77.8 Å². The first-order valence-corrected chi connectivity index (χ1v) is 8.05. The van der Waals surface area contributed by atoms with Gasteiger partial charge < -0.3 is 15.1 Å². The van der Waals surface area contributed by atoms with Crippen molar-refractivity contribution in [1.82, 2.24) is 4.90 Å². The van der Waals surface area contributed by atoms with E-state index in [0.717, 1.165) is 4.88 Å². The zero-order chi connectivity index (χ0) is 14.7.